The van der Waals surface area contributed by atoms with Gasteiger partial charge >= 0.3 is 0 Å². The van der Waals surface area contributed by atoms with Crippen LogP contribution in [-0.4, -0.2) is 28.1 Å². The number of benzene rings is 2. The molecule has 0 atom stereocenters. The van der Waals surface area contributed by atoms with Crippen LogP contribution in [0.5, 0.6) is 0 Å². The highest BCUT2D eigenvalue weighted by Gasteiger charge is 2.19. The largest absolute Gasteiger partial charge is 0.349 e. The minimum atomic E-state index is -0.441. The Labute approximate surface area is 161 Å². The molecule has 0 aliphatic rings. The van der Waals surface area contributed by atoms with E-state index in [1.807, 2.05) is 0 Å². The van der Waals surface area contributed by atoms with E-state index in [9.17, 15) is 14.0 Å². The van der Waals surface area contributed by atoms with Gasteiger partial charge in [0.2, 0.25) is 0 Å². The lowest BCUT2D eigenvalue weighted by atomic mass is 10.1. The summed E-state index contributed by atoms with van der Waals surface area (Å²) in [6, 6.07) is 12.9. The van der Waals surface area contributed by atoms with Crippen molar-refractivity contribution in [2.45, 2.75) is 6.92 Å². The van der Waals surface area contributed by atoms with E-state index in [0.29, 0.717) is 23.5 Å². The summed E-state index contributed by atoms with van der Waals surface area (Å²) >= 11 is 0. The van der Waals surface area contributed by atoms with Crippen molar-refractivity contribution in [3.05, 3.63) is 90.0 Å². The first-order chi connectivity index (χ1) is 13.5. The number of para-hydroxylation sites is 2. The summed E-state index contributed by atoms with van der Waals surface area (Å²) in [4.78, 5) is 25.0. The van der Waals surface area contributed by atoms with Crippen LogP contribution in [0.25, 0.3) is 5.69 Å². The van der Waals surface area contributed by atoms with Gasteiger partial charge in [-0.2, -0.15) is 5.10 Å². The maximum Gasteiger partial charge on any atom is 0.259 e. The van der Waals surface area contributed by atoms with E-state index < -0.39 is 11.7 Å². The number of halogens is 1. The van der Waals surface area contributed by atoms with Gasteiger partial charge in [-0.15, -0.1) is 6.58 Å². The number of nitrogens with zero attached hydrogens (tertiary/aromatic N) is 2. The van der Waals surface area contributed by atoms with E-state index in [-0.39, 0.29) is 17.2 Å². The van der Waals surface area contributed by atoms with Crippen LogP contribution in [0, 0.1) is 12.7 Å². The average Bonchev–Trinajstić information content (AvgIpc) is 3.08. The van der Waals surface area contributed by atoms with E-state index >= 15 is 0 Å². The standard InChI is InChI=1S/C21H19FN4O2/c1-3-12-23-20(27)15-8-4-6-10-18(15)25-21(28)16-13-24-26(14(16)2)19-11-7-5-9-17(19)22/h3-11,13H,1,12H2,2H3,(H,23,27)(H,25,28). The maximum absolute atomic E-state index is 14.0. The van der Waals surface area contributed by atoms with Crippen molar-refractivity contribution in [3.63, 3.8) is 0 Å². The highest BCUT2D eigenvalue weighted by Crippen LogP contribution is 2.20. The lowest BCUT2D eigenvalue weighted by molar-refractivity contribution is 0.0959. The molecule has 0 unspecified atom stereocenters. The van der Waals surface area contributed by atoms with Crippen LogP contribution in [0.15, 0.2) is 67.4 Å². The van der Waals surface area contributed by atoms with E-state index in [1.54, 1.807) is 55.5 Å². The van der Waals surface area contributed by atoms with Crippen molar-refractivity contribution < 1.29 is 14.0 Å². The molecule has 1 aromatic heterocycles. The number of hydrogen-bond acceptors (Lipinski definition) is 3. The lowest BCUT2D eigenvalue weighted by Gasteiger charge is -2.11. The minimum Gasteiger partial charge on any atom is -0.349 e. The lowest BCUT2D eigenvalue weighted by Crippen LogP contribution is -2.25. The molecule has 6 nitrogen and oxygen atoms in total. The second-order valence-electron chi connectivity index (χ2n) is 6.01. The fraction of sp³-hybridized carbons (Fsp3) is 0.0952. The second kappa shape index (κ2) is 8.30. The molecule has 0 bridgehead atoms. The van der Waals surface area contributed by atoms with Gasteiger partial charge in [-0.25, -0.2) is 9.07 Å². The molecule has 7 heteroatoms. The van der Waals surface area contributed by atoms with Gasteiger partial charge in [0, 0.05) is 6.54 Å². The third-order valence-corrected chi connectivity index (χ3v) is 4.16. The first kappa shape index (κ1) is 19.0. The van der Waals surface area contributed by atoms with Gasteiger partial charge in [0.15, 0.2) is 0 Å². The maximum atomic E-state index is 14.0. The van der Waals surface area contributed by atoms with E-state index in [2.05, 4.69) is 22.3 Å². The van der Waals surface area contributed by atoms with Crippen molar-refractivity contribution >= 4 is 17.5 Å². The molecule has 0 spiro atoms. The Bertz CT molecular complexity index is 1040. The fourth-order valence-electron chi connectivity index (χ4n) is 2.74. The number of amides is 2. The van der Waals surface area contributed by atoms with Crippen molar-refractivity contribution in [3.8, 4) is 5.69 Å². The number of anilines is 1. The molecule has 0 aliphatic carbocycles. The Hall–Kier alpha value is -3.74. The molecule has 142 valence electrons. The van der Waals surface area contributed by atoms with Crippen molar-refractivity contribution in [1.82, 2.24) is 15.1 Å². The van der Waals surface area contributed by atoms with Crippen LogP contribution in [0.1, 0.15) is 26.4 Å². The Kier molecular flexibility index (Phi) is 5.64. The van der Waals surface area contributed by atoms with Crippen molar-refractivity contribution in [1.29, 1.82) is 0 Å². The average molecular weight is 378 g/mol. The van der Waals surface area contributed by atoms with E-state index in [4.69, 9.17) is 0 Å². The summed E-state index contributed by atoms with van der Waals surface area (Å²) in [5, 5.41) is 9.54. The number of rotatable bonds is 6. The summed E-state index contributed by atoms with van der Waals surface area (Å²) < 4.78 is 15.4. The van der Waals surface area contributed by atoms with Crippen LogP contribution in [-0.2, 0) is 0 Å². The highest BCUT2D eigenvalue weighted by molar-refractivity contribution is 6.09. The Morgan fingerprint density at radius 1 is 1.11 bits per heavy atom. The summed E-state index contributed by atoms with van der Waals surface area (Å²) in [6.45, 7) is 5.55. The summed E-state index contributed by atoms with van der Waals surface area (Å²) in [5.41, 5.74) is 1.72. The Morgan fingerprint density at radius 3 is 2.57 bits per heavy atom. The van der Waals surface area contributed by atoms with E-state index in [1.165, 1.54) is 16.9 Å². The van der Waals surface area contributed by atoms with Crippen LogP contribution in [0.4, 0.5) is 10.1 Å². The molecule has 3 aromatic rings. The third kappa shape index (κ3) is 3.83. The van der Waals surface area contributed by atoms with Crippen molar-refractivity contribution in [2.75, 3.05) is 11.9 Å². The molecular weight excluding hydrogens is 359 g/mol. The molecule has 1 heterocycles. The Balaban J connectivity index is 1.87. The molecule has 2 N–H and O–H groups in total. The van der Waals surface area contributed by atoms with Crippen LogP contribution in [0.2, 0.25) is 0 Å². The topological polar surface area (TPSA) is 76.0 Å². The number of aromatic nitrogens is 2. The van der Waals surface area contributed by atoms with Gasteiger partial charge in [0.25, 0.3) is 11.8 Å². The van der Waals surface area contributed by atoms with Gasteiger partial charge in [0.1, 0.15) is 11.5 Å². The summed E-state index contributed by atoms with van der Waals surface area (Å²) in [7, 11) is 0. The van der Waals surface area contributed by atoms with Gasteiger partial charge < -0.3 is 10.6 Å². The quantitative estimate of drug-likeness (QED) is 0.645. The first-order valence-corrected chi connectivity index (χ1v) is 8.62. The van der Waals surface area contributed by atoms with Crippen LogP contribution in [0.3, 0.4) is 0 Å². The molecule has 3 rings (SSSR count). The van der Waals surface area contributed by atoms with Gasteiger partial charge in [-0.1, -0.05) is 30.3 Å². The highest BCUT2D eigenvalue weighted by atomic mass is 19.1. The predicted molar refractivity (Wildman–Crippen MR) is 105 cm³/mol. The molecule has 0 radical (unpaired) electrons. The van der Waals surface area contributed by atoms with Gasteiger partial charge in [0.05, 0.1) is 28.7 Å². The first-order valence-electron chi connectivity index (χ1n) is 8.62. The normalized spacial score (nSPS) is 10.4. The third-order valence-electron chi connectivity index (χ3n) is 4.16. The molecule has 0 saturated carbocycles. The number of hydrogen-bond donors (Lipinski definition) is 2. The van der Waals surface area contributed by atoms with Gasteiger partial charge in [-0.05, 0) is 31.2 Å². The summed E-state index contributed by atoms with van der Waals surface area (Å²) in [6.07, 6.45) is 2.94. The molecular formula is C21H19FN4O2. The molecule has 28 heavy (non-hydrogen) atoms. The Morgan fingerprint density at radius 2 is 1.82 bits per heavy atom. The minimum absolute atomic E-state index is 0.253. The molecule has 0 aliphatic heterocycles. The smallest absolute Gasteiger partial charge is 0.259 e. The monoisotopic (exact) mass is 378 g/mol. The number of carbonyl (C=O) groups excluding carboxylic acids is 2. The zero-order valence-corrected chi connectivity index (χ0v) is 15.3. The molecule has 2 amide bonds. The number of carbonyl (C=O) groups is 2. The molecule has 0 saturated heterocycles. The van der Waals surface area contributed by atoms with Gasteiger partial charge in [-0.3, -0.25) is 9.59 Å². The summed E-state index contributed by atoms with van der Waals surface area (Å²) in [5.74, 6) is -1.21. The predicted octanol–water partition coefficient (Wildman–Crippen LogP) is 3.49. The molecule has 2 aromatic carbocycles. The zero-order valence-electron chi connectivity index (χ0n) is 15.3. The van der Waals surface area contributed by atoms with Crippen LogP contribution >= 0.6 is 0 Å². The second-order valence-corrected chi connectivity index (χ2v) is 6.01. The number of nitrogens with one attached hydrogen (secondary N) is 2. The van der Waals surface area contributed by atoms with Crippen molar-refractivity contribution in [2.24, 2.45) is 0 Å². The van der Waals surface area contributed by atoms with Crippen LogP contribution < -0.4 is 10.6 Å². The molecule has 0 fully saturated rings. The fourth-order valence-corrected chi connectivity index (χ4v) is 2.74. The zero-order chi connectivity index (χ0) is 20.1. The van der Waals surface area contributed by atoms with E-state index in [0.717, 1.165) is 0 Å². The SMILES string of the molecule is C=CCNC(=O)c1ccccc1NC(=O)c1cnn(-c2ccccc2F)c1C.